The molecule has 7 heteroatoms. The predicted molar refractivity (Wildman–Crippen MR) is 91.2 cm³/mol. The van der Waals surface area contributed by atoms with Gasteiger partial charge >= 0.3 is 0 Å². The highest BCUT2D eigenvalue weighted by Crippen LogP contribution is 2.21. The Kier molecular flexibility index (Phi) is 5.26. The maximum Gasteiger partial charge on any atom is 0.294 e. The van der Waals surface area contributed by atoms with Crippen LogP contribution in [0.15, 0.2) is 47.4 Å². The summed E-state index contributed by atoms with van der Waals surface area (Å²) >= 11 is 0. The van der Waals surface area contributed by atoms with Crippen LogP contribution in [-0.4, -0.2) is 25.0 Å². The Balaban J connectivity index is 2.18. The van der Waals surface area contributed by atoms with Crippen molar-refractivity contribution in [1.29, 1.82) is 0 Å². The molecule has 1 amide bonds. The molecular weight excluding hydrogens is 330 g/mol. The van der Waals surface area contributed by atoms with Crippen LogP contribution in [-0.2, 0) is 10.1 Å². The van der Waals surface area contributed by atoms with Crippen molar-refractivity contribution in [1.82, 2.24) is 0 Å². The van der Waals surface area contributed by atoms with Gasteiger partial charge in [-0.25, -0.2) is 0 Å². The van der Waals surface area contributed by atoms with Crippen molar-refractivity contribution < 1.29 is 22.5 Å². The maximum absolute atomic E-state index is 12.2. The summed E-state index contributed by atoms with van der Waals surface area (Å²) in [5.74, 6) is 0.266. The monoisotopic (exact) mass is 349 g/mol. The van der Waals surface area contributed by atoms with Crippen molar-refractivity contribution in [3.63, 3.8) is 0 Å². The zero-order chi connectivity index (χ0) is 17.9. The lowest BCUT2D eigenvalue weighted by Gasteiger charge is -2.11. The predicted octanol–water partition coefficient (Wildman–Crippen LogP) is 3.28. The van der Waals surface area contributed by atoms with Crippen molar-refractivity contribution in [3.8, 4) is 5.75 Å². The molecule has 0 atom stereocenters. The Labute approximate surface area is 141 Å². The average molecular weight is 349 g/mol. The van der Waals surface area contributed by atoms with Gasteiger partial charge in [0.25, 0.3) is 16.0 Å². The maximum atomic E-state index is 12.2. The lowest BCUT2D eigenvalue weighted by molar-refractivity contribution is 0.102. The van der Waals surface area contributed by atoms with Crippen molar-refractivity contribution in [2.24, 2.45) is 0 Å². The fourth-order valence-electron chi connectivity index (χ4n) is 2.12. The molecule has 0 spiro atoms. The highest BCUT2D eigenvalue weighted by Gasteiger charge is 2.15. The van der Waals surface area contributed by atoms with Gasteiger partial charge in [0.15, 0.2) is 0 Å². The number of carbonyl (C=O) groups excluding carboxylic acids is 1. The molecule has 128 valence electrons. The number of anilines is 1. The van der Waals surface area contributed by atoms with Crippen LogP contribution in [0.5, 0.6) is 5.75 Å². The number of nitrogens with one attached hydrogen (secondary N) is 1. The minimum atomic E-state index is -4.34. The summed E-state index contributed by atoms with van der Waals surface area (Å²) in [5, 5.41) is 2.60. The second kappa shape index (κ2) is 7.02. The van der Waals surface area contributed by atoms with Crippen LogP contribution in [0.2, 0.25) is 0 Å². The van der Waals surface area contributed by atoms with Crippen LogP contribution in [0, 0.1) is 6.92 Å². The first-order chi connectivity index (χ1) is 11.2. The molecule has 2 rings (SSSR count). The normalized spacial score (nSPS) is 11.4. The summed E-state index contributed by atoms with van der Waals surface area (Å²) in [7, 11) is -4.34. The quantitative estimate of drug-likeness (QED) is 0.808. The minimum absolute atomic E-state index is 0.0380. The molecule has 0 saturated carbocycles. The number of ether oxygens (including phenoxy) is 1. The molecule has 0 saturated heterocycles. The summed E-state index contributed by atoms with van der Waals surface area (Å²) in [4.78, 5) is 12.0. The van der Waals surface area contributed by atoms with Crippen LogP contribution in [0.4, 0.5) is 5.69 Å². The number of hydrogen-bond acceptors (Lipinski definition) is 4. The van der Waals surface area contributed by atoms with Crippen LogP contribution < -0.4 is 10.1 Å². The molecule has 0 bridgehead atoms. The lowest BCUT2D eigenvalue weighted by atomic mass is 10.2. The molecule has 0 fully saturated rings. The van der Waals surface area contributed by atoms with Gasteiger partial charge in [-0.3, -0.25) is 9.35 Å². The van der Waals surface area contributed by atoms with Crippen molar-refractivity contribution in [2.45, 2.75) is 31.8 Å². The van der Waals surface area contributed by atoms with E-state index in [1.807, 2.05) is 13.8 Å². The van der Waals surface area contributed by atoms with Gasteiger partial charge in [0.1, 0.15) is 5.75 Å². The first kappa shape index (κ1) is 18.0. The molecule has 0 aliphatic carbocycles. The topological polar surface area (TPSA) is 92.7 Å². The van der Waals surface area contributed by atoms with Gasteiger partial charge < -0.3 is 10.1 Å². The number of hydrogen-bond donors (Lipinski definition) is 2. The number of amides is 1. The van der Waals surface area contributed by atoms with E-state index in [0.29, 0.717) is 16.9 Å². The molecule has 6 nitrogen and oxygen atoms in total. The zero-order valence-electron chi connectivity index (χ0n) is 13.6. The molecule has 0 heterocycles. The first-order valence-electron chi connectivity index (χ1n) is 7.33. The Morgan fingerprint density at radius 2 is 1.75 bits per heavy atom. The second-order valence-electron chi connectivity index (χ2n) is 5.60. The molecule has 0 unspecified atom stereocenters. The lowest BCUT2D eigenvalue weighted by Crippen LogP contribution is -2.13. The smallest absolute Gasteiger partial charge is 0.294 e. The summed E-state index contributed by atoms with van der Waals surface area (Å²) in [5.41, 5.74) is 1.08. The molecule has 0 radical (unpaired) electrons. The molecular formula is C17H19NO5S. The van der Waals surface area contributed by atoms with E-state index in [1.165, 1.54) is 12.1 Å². The van der Waals surface area contributed by atoms with Gasteiger partial charge in [-0.15, -0.1) is 0 Å². The summed E-state index contributed by atoms with van der Waals surface area (Å²) in [6, 6.07) is 10.9. The van der Waals surface area contributed by atoms with Crippen LogP contribution in [0.25, 0.3) is 0 Å². The van der Waals surface area contributed by atoms with Gasteiger partial charge in [-0.1, -0.05) is 6.07 Å². The molecule has 2 aromatic rings. The first-order valence-corrected chi connectivity index (χ1v) is 8.77. The van der Waals surface area contributed by atoms with Gasteiger partial charge in [0, 0.05) is 11.3 Å². The Morgan fingerprint density at radius 1 is 1.12 bits per heavy atom. The van der Waals surface area contributed by atoms with Crippen LogP contribution in [0.1, 0.15) is 29.8 Å². The highest BCUT2D eigenvalue weighted by molar-refractivity contribution is 7.85. The van der Waals surface area contributed by atoms with Crippen LogP contribution in [0.3, 0.4) is 0 Å². The summed E-state index contributed by atoms with van der Waals surface area (Å²) in [6.45, 7) is 5.37. The van der Waals surface area contributed by atoms with Gasteiger partial charge in [0.05, 0.1) is 11.0 Å². The van der Waals surface area contributed by atoms with Crippen molar-refractivity contribution in [3.05, 3.63) is 53.6 Å². The van der Waals surface area contributed by atoms with Crippen LogP contribution >= 0.6 is 0 Å². The van der Waals surface area contributed by atoms with E-state index in [2.05, 4.69) is 5.32 Å². The number of rotatable bonds is 5. The van der Waals surface area contributed by atoms with Gasteiger partial charge in [-0.05, 0) is 62.7 Å². The molecule has 2 N–H and O–H groups in total. The molecule has 2 aromatic carbocycles. The number of aryl methyl sites for hydroxylation is 1. The molecule has 0 aromatic heterocycles. The van der Waals surface area contributed by atoms with Gasteiger partial charge in [0.2, 0.25) is 0 Å². The van der Waals surface area contributed by atoms with Gasteiger partial charge in [-0.2, -0.15) is 8.42 Å². The molecule has 0 aliphatic heterocycles. The Hall–Kier alpha value is -2.38. The number of carbonyl (C=O) groups is 1. The third kappa shape index (κ3) is 4.56. The Morgan fingerprint density at radius 3 is 2.29 bits per heavy atom. The number of benzene rings is 2. The highest BCUT2D eigenvalue weighted by atomic mass is 32.2. The van der Waals surface area contributed by atoms with E-state index in [1.54, 1.807) is 37.3 Å². The largest absolute Gasteiger partial charge is 0.491 e. The SMILES string of the molecule is Cc1ccc(NC(=O)c2ccc(OC(C)C)cc2)cc1S(=O)(=O)O. The molecule has 24 heavy (non-hydrogen) atoms. The average Bonchev–Trinajstić information content (AvgIpc) is 2.48. The summed E-state index contributed by atoms with van der Waals surface area (Å²) in [6.07, 6.45) is 0.0380. The zero-order valence-corrected chi connectivity index (χ0v) is 14.4. The van der Waals surface area contributed by atoms with Crippen molar-refractivity contribution in [2.75, 3.05) is 5.32 Å². The van der Waals surface area contributed by atoms with E-state index in [0.717, 1.165) is 0 Å². The van der Waals surface area contributed by atoms with E-state index >= 15 is 0 Å². The second-order valence-corrected chi connectivity index (χ2v) is 6.99. The minimum Gasteiger partial charge on any atom is -0.491 e. The third-order valence-electron chi connectivity index (χ3n) is 3.21. The fraction of sp³-hybridized carbons (Fsp3) is 0.235. The molecule has 0 aliphatic rings. The van der Waals surface area contributed by atoms with Crippen molar-refractivity contribution >= 4 is 21.7 Å². The fourth-order valence-corrected chi connectivity index (χ4v) is 2.87. The van der Waals surface area contributed by atoms with E-state index in [-0.39, 0.29) is 16.7 Å². The standard InChI is InChI=1S/C17H19NO5S/c1-11(2)23-15-8-5-13(6-9-15)17(19)18-14-7-4-12(3)16(10-14)24(20,21)22/h4-11H,1-3H3,(H,18,19)(H,20,21,22). The third-order valence-corrected chi connectivity index (χ3v) is 4.21. The Bertz CT molecular complexity index is 842. The van der Waals surface area contributed by atoms with E-state index in [9.17, 15) is 17.8 Å². The van der Waals surface area contributed by atoms with E-state index in [4.69, 9.17) is 4.74 Å². The van der Waals surface area contributed by atoms with E-state index < -0.39 is 16.0 Å². The summed E-state index contributed by atoms with van der Waals surface area (Å²) < 4.78 is 37.3.